The zero-order chi connectivity index (χ0) is 17.8. The Kier molecular flexibility index (Phi) is 11.9. The lowest BCUT2D eigenvalue weighted by Gasteiger charge is -2.11. The number of alkyl halides is 1. The third-order valence-electron chi connectivity index (χ3n) is 4.54. The fourth-order valence-electron chi connectivity index (χ4n) is 2.90. The van der Waals surface area contributed by atoms with Gasteiger partial charge in [-0.3, -0.25) is 9.59 Å². The summed E-state index contributed by atoms with van der Waals surface area (Å²) in [6.07, 6.45) is 10.3. The van der Waals surface area contributed by atoms with Gasteiger partial charge >= 0.3 is 0 Å². The van der Waals surface area contributed by atoms with Crippen LogP contribution in [0.3, 0.4) is 0 Å². The van der Waals surface area contributed by atoms with E-state index in [1.165, 1.54) is 25.7 Å². The zero-order valence-electron chi connectivity index (χ0n) is 15.3. The Morgan fingerprint density at radius 3 is 2.50 bits per heavy atom. The molecular weight excluding hydrogens is 417 g/mol. The van der Waals surface area contributed by atoms with Crippen molar-refractivity contribution in [1.29, 1.82) is 0 Å². The third-order valence-corrected chi connectivity index (χ3v) is 5.67. The van der Waals surface area contributed by atoms with E-state index in [1.807, 2.05) is 13.8 Å². The lowest BCUT2D eigenvalue weighted by atomic mass is 10.0. The molecule has 0 bridgehead atoms. The van der Waals surface area contributed by atoms with Gasteiger partial charge in [0.1, 0.15) is 5.78 Å². The molecule has 0 aliphatic heterocycles. The van der Waals surface area contributed by atoms with E-state index in [2.05, 4.69) is 27.9 Å². The van der Waals surface area contributed by atoms with Crippen LogP contribution in [0, 0.1) is 5.92 Å². The van der Waals surface area contributed by atoms with Crippen LogP contribution < -0.4 is 5.32 Å². The summed E-state index contributed by atoms with van der Waals surface area (Å²) in [6.45, 7) is 5.43. The molecule has 0 heterocycles. The Bertz CT molecular complexity index is 374. The van der Waals surface area contributed by atoms with Gasteiger partial charge in [-0.2, -0.15) is 0 Å². The van der Waals surface area contributed by atoms with Crippen molar-refractivity contribution in [2.75, 3.05) is 13.2 Å². The van der Waals surface area contributed by atoms with Gasteiger partial charge in [-0.1, -0.05) is 49.3 Å². The second-order valence-corrected chi connectivity index (χ2v) is 8.90. The average molecular weight is 451 g/mol. The van der Waals surface area contributed by atoms with Gasteiger partial charge < -0.3 is 10.1 Å². The van der Waals surface area contributed by atoms with Gasteiger partial charge in [0, 0.05) is 35.8 Å². The molecule has 24 heavy (non-hydrogen) atoms. The van der Waals surface area contributed by atoms with Crippen molar-refractivity contribution in [1.82, 2.24) is 5.32 Å². The summed E-state index contributed by atoms with van der Waals surface area (Å²) >= 11 is 2.52. The molecule has 1 amide bonds. The molecule has 1 N–H and O–H groups in total. The lowest BCUT2D eigenvalue weighted by Crippen LogP contribution is -2.24. The molecular formula is C19H34INO3. The first-order chi connectivity index (χ1) is 11.5. The summed E-state index contributed by atoms with van der Waals surface area (Å²) < 4.78 is 6.70. The number of unbranched alkanes of at least 4 members (excludes halogenated alkanes) is 3. The molecule has 0 saturated heterocycles. The first-order valence-corrected chi connectivity index (χ1v) is 10.8. The van der Waals surface area contributed by atoms with Crippen molar-refractivity contribution in [3.8, 4) is 0 Å². The van der Waals surface area contributed by atoms with Crippen LogP contribution in [0.1, 0.15) is 78.1 Å². The molecule has 0 spiro atoms. The maximum absolute atomic E-state index is 11.7. The predicted molar refractivity (Wildman–Crippen MR) is 107 cm³/mol. The van der Waals surface area contributed by atoms with E-state index in [1.54, 1.807) is 0 Å². The van der Waals surface area contributed by atoms with E-state index in [-0.39, 0.29) is 17.6 Å². The van der Waals surface area contributed by atoms with E-state index in [0.717, 1.165) is 36.3 Å². The summed E-state index contributed by atoms with van der Waals surface area (Å²) in [5.41, 5.74) is 0. The van der Waals surface area contributed by atoms with Gasteiger partial charge in [-0.15, -0.1) is 0 Å². The van der Waals surface area contributed by atoms with Crippen LogP contribution in [0.25, 0.3) is 0 Å². The van der Waals surface area contributed by atoms with Crippen LogP contribution in [0.15, 0.2) is 0 Å². The minimum absolute atomic E-state index is 0.0736. The van der Waals surface area contributed by atoms with Gasteiger partial charge in [-0.05, 0) is 38.5 Å². The highest BCUT2D eigenvalue weighted by Crippen LogP contribution is 2.28. The van der Waals surface area contributed by atoms with Crippen molar-refractivity contribution >= 4 is 34.3 Å². The lowest BCUT2D eigenvalue weighted by molar-refractivity contribution is -0.122. The van der Waals surface area contributed by atoms with Gasteiger partial charge in [0.2, 0.25) is 5.91 Å². The van der Waals surface area contributed by atoms with Crippen LogP contribution in [0.5, 0.6) is 0 Å². The number of ether oxygens (including phenoxy) is 1. The minimum atomic E-state index is 0.0736. The zero-order valence-corrected chi connectivity index (χ0v) is 17.5. The molecule has 5 heteroatoms. The number of rotatable bonds is 13. The second-order valence-electron chi connectivity index (χ2n) is 7.14. The van der Waals surface area contributed by atoms with Crippen molar-refractivity contribution in [2.45, 2.75) is 88.1 Å². The molecule has 1 fully saturated rings. The quantitative estimate of drug-likeness (QED) is 0.256. The van der Waals surface area contributed by atoms with Crippen LogP contribution in [-0.4, -0.2) is 34.9 Å². The Morgan fingerprint density at radius 1 is 1.08 bits per heavy atom. The van der Waals surface area contributed by atoms with Crippen LogP contribution >= 0.6 is 22.6 Å². The van der Waals surface area contributed by atoms with E-state index in [9.17, 15) is 9.59 Å². The summed E-state index contributed by atoms with van der Waals surface area (Å²) in [6, 6.07) is 0. The third kappa shape index (κ3) is 10.6. The SMILES string of the molecule is CC(C)C(=O)CCCC(=O)NCCCCCCOC1CCC(I)C1. The van der Waals surface area contributed by atoms with Crippen molar-refractivity contribution < 1.29 is 14.3 Å². The summed E-state index contributed by atoms with van der Waals surface area (Å²) in [5, 5.41) is 2.94. The Labute approximate surface area is 161 Å². The molecule has 0 aromatic rings. The molecule has 140 valence electrons. The van der Waals surface area contributed by atoms with Crippen molar-refractivity contribution in [3.05, 3.63) is 0 Å². The number of amides is 1. The fourth-order valence-corrected chi connectivity index (χ4v) is 3.82. The van der Waals surface area contributed by atoms with Crippen molar-refractivity contribution in [2.24, 2.45) is 5.92 Å². The van der Waals surface area contributed by atoms with Gasteiger partial charge in [-0.25, -0.2) is 0 Å². The largest absolute Gasteiger partial charge is 0.378 e. The van der Waals surface area contributed by atoms with Crippen LogP contribution in [0.2, 0.25) is 0 Å². The number of hydrogen-bond acceptors (Lipinski definition) is 3. The summed E-state index contributed by atoms with van der Waals surface area (Å²) in [7, 11) is 0. The molecule has 1 aliphatic rings. The van der Waals surface area contributed by atoms with Gasteiger partial charge in [0.05, 0.1) is 6.10 Å². The van der Waals surface area contributed by atoms with E-state index in [4.69, 9.17) is 4.74 Å². The predicted octanol–water partition coefficient (Wildman–Crippen LogP) is 4.43. The number of ketones is 1. The van der Waals surface area contributed by atoms with E-state index >= 15 is 0 Å². The molecule has 0 aromatic heterocycles. The number of carbonyl (C=O) groups excluding carboxylic acids is 2. The molecule has 2 atom stereocenters. The van der Waals surface area contributed by atoms with Crippen LogP contribution in [-0.2, 0) is 14.3 Å². The normalized spacial score (nSPS) is 20.5. The molecule has 2 unspecified atom stereocenters. The molecule has 1 saturated carbocycles. The highest BCUT2D eigenvalue weighted by atomic mass is 127. The summed E-state index contributed by atoms with van der Waals surface area (Å²) in [4.78, 5) is 23.1. The number of Topliss-reactive ketones (excluding diaryl/α,β-unsaturated/α-hetero) is 1. The maximum Gasteiger partial charge on any atom is 0.220 e. The topological polar surface area (TPSA) is 55.4 Å². The highest BCUT2D eigenvalue weighted by Gasteiger charge is 2.22. The van der Waals surface area contributed by atoms with Gasteiger partial charge in [0.15, 0.2) is 0 Å². The Hall–Kier alpha value is -0.170. The molecule has 4 nitrogen and oxygen atoms in total. The maximum atomic E-state index is 11.7. The smallest absolute Gasteiger partial charge is 0.220 e. The Morgan fingerprint density at radius 2 is 1.83 bits per heavy atom. The number of halogens is 1. The van der Waals surface area contributed by atoms with Gasteiger partial charge in [0.25, 0.3) is 0 Å². The number of hydrogen-bond donors (Lipinski definition) is 1. The van der Waals surface area contributed by atoms with Crippen LogP contribution in [0.4, 0.5) is 0 Å². The monoisotopic (exact) mass is 451 g/mol. The van der Waals surface area contributed by atoms with E-state index < -0.39 is 0 Å². The number of carbonyl (C=O) groups is 2. The fraction of sp³-hybridized carbons (Fsp3) is 0.895. The standard InChI is InChI=1S/C19H34INO3/c1-15(2)18(22)8-7-9-19(23)21-12-5-3-4-6-13-24-17-11-10-16(20)14-17/h15-17H,3-14H2,1-2H3,(H,21,23). The second kappa shape index (κ2) is 13.1. The minimum Gasteiger partial charge on any atom is -0.378 e. The molecule has 1 aliphatic carbocycles. The molecule has 0 radical (unpaired) electrons. The van der Waals surface area contributed by atoms with Crippen molar-refractivity contribution in [3.63, 3.8) is 0 Å². The number of nitrogens with one attached hydrogen (secondary N) is 1. The molecule has 1 rings (SSSR count). The van der Waals surface area contributed by atoms with E-state index in [0.29, 0.717) is 25.4 Å². The summed E-state index contributed by atoms with van der Waals surface area (Å²) in [5.74, 6) is 0.398. The molecule has 0 aromatic carbocycles. The Balaban J connectivity index is 1.84. The highest BCUT2D eigenvalue weighted by molar-refractivity contribution is 14.1. The first-order valence-electron chi connectivity index (χ1n) is 9.54. The first kappa shape index (κ1) is 21.9. The average Bonchev–Trinajstić information content (AvgIpc) is 2.95.